The van der Waals surface area contributed by atoms with E-state index in [-0.39, 0.29) is 0 Å². The molecule has 0 amide bonds. The van der Waals surface area contributed by atoms with Gasteiger partial charge in [0.15, 0.2) is 11.2 Å². The van der Waals surface area contributed by atoms with Gasteiger partial charge in [-0.2, -0.15) is 0 Å². The molecule has 1 atom stereocenters. The van der Waals surface area contributed by atoms with E-state index >= 15 is 0 Å². The number of benzene rings is 11. The van der Waals surface area contributed by atoms with E-state index in [9.17, 15) is 0 Å². The summed E-state index contributed by atoms with van der Waals surface area (Å²) in [5, 5.41) is 17.9. The smallest absolute Gasteiger partial charge is 0.387 e. The van der Waals surface area contributed by atoms with Crippen molar-refractivity contribution < 1.29 is 31.9 Å². The van der Waals surface area contributed by atoms with Gasteiger partial charge in [0.2, 0.25) is 0 Å². The lowest BCUT2D eigenvalue weighted by Crippen LogP contribution is -1.98. The molecular weight excluding hydrogens is 864 g/mol. The molecule has 7 nitrogen and oxygen atoms in total. The molecule has 11 aromatic carbocycles. The van der Waals surface area contributed by atoms with Crippen LogP contribution in [0.3, 0.4) is 0 Å². The zero-order valence-electron chi connectivity index (χ0n) is 38.6. The molecule has 0 unspecified atom stereocenters. The van der Waals surface area contributed by atoms with Crippen molar-refractivity contribution >= 4 is 116 Å². The highest BCUT2D eigenvalue weighted by Gasteiger charge is 2.25. The Labute approximate surface area is 393 Å². The first-order valence-corrected chi connectivity index (χ1v) is 24.3. The standard InChI is InChI=1S/C60H49O7P/c1-35(36-16-7-6-8-17-36)15-13-14-30-65-68-66-59-45(31-51(63-4)47-33-49(61-2)43-28-26-39-24-22-37-18-9-11-20-41(37)53(39)55(43)57(47)59)46-32-52(64-5)48-34-50(62-3)44-29-27-40-25-23-38-19-10-12-21-42(38)54(40)56(44)58(48)60(46)67-68/h6-12,16-29,31-35H,13-15,30H2,1-5H3/t35-/m1/s1. The predicted molar refractivity (Wildman–Crippen MR) is 283 cm³/mol. The van der Waals surface area contributed by atoms with Crippen LogP contribution in [0, 0.1) is 0 Å². The number of hydrogen-bond donors (Lipinski definition) is 0. The Kier molecular flexibility index (Phi) is 10.5. The largest absolute Gasteiger partial charge is 0.496 e. The lowest BCUT2D eigenvalue weighted by atomic mass is 9.90. The molecule has 0 aliphatic carbocycles. The Morgan fingerprint density at radius 2 is 0.824 bits per heavy atom. The van der Waals surface area contributed by atoms with Gasteiger partial charge < -0.3 is 27.3 Å². The molecule has 0 aliphatic rings. The minimum Gasteiger partial charge on any atom is -0.496 e. The topological polar surface area (TPSA) is 72.4 Å². The molecule has 1 aromatic heterocycles. The lowest BCUT2D eigenvalue weighted by Gasteiger charge is -2.17. The van der Waals surface area contributed by atoms with Crippen molar-refractivity contribution in [3.05, 3.63) is 157 Å². The highest BCUT2D eigenvalue weighted by atomic mass is 31.1. The highest BCUT2D eigenvalue weighted by molar-refractivity contribution is 7.31. The van der Waals surface area contributed by atoms with Gasteiger partial charge in [0.1, 0.15) is 23.0 Å². The van der Waals surface area contributed by atoms with Crippen LogP contribution in [0.25, 0.3) is 108 Å². The van der Waals surface area contributed by atoms with Crippen molar-refractivity contribution in [2.24, 2.45) is 0 Å². The van der Waals surface area contributed by atoms with Gasteiger partial charge in [-0.15, -0.1) is 0 Å². The minimum absolute atomic E-state index is 0.432. The summed E-state index contributed by atoms with van der Waals surface area (Å²) >= 11 is 0. The van der Waals surface area contributed by atoms with Crippen molar-refractivity contribution in [2.75, 3.05) is 35.0 Å². The fourth-order valence-corrected chi connectivity index (χ4v) is 11.9. The van der Waals surface area contributed by atoms with Crippen LogP contribution in [0.4, 0.5) is 0 Å². The molecule has 0 radical (unpaired) electrons. The minimum atomic E-state index is -2.05. The zero-order valence-corrected chi connectivity index (χ0v) is 39.5. The summed E-state index contributed by atoms with van der Waals surface area (Å²) in [6, 6.07) is 53.5. The molecule has 0 aliphatic heterocycles. The summed E-state index contributed by atoms with van der Waals surface area (Å²) < 4.78 is 46.9. The Hall–Kier alpha value is -7.44. The van der Waals surface area contributed by atoms with Crippen molar-refractivity contribution in [2.45, 2.75) is 32.1 Å². The molecule has 0 saturated heterocycles. The fraction of sp³-hybridized carbons (Fsp3) is 0.167. The number of rotatable bonds is 11. The summed E-state index contributed by atoms with van der Waals surface area (Å²) in [7, 11) is 4.83. The van der Waals surface area contributed by atoms with E-state index in [2.05, 4.69) is 159 Å². The molecule has 336 valence electrons. The second-order valence-electron chi connectivity index (χ2n) is 17.7. The number of methoxy groups -OCH3 is 4. The van der Waals surface area contributed by atoms with E-state index < -0.39 is 8.24 Å². The van der Waals surface area contributed by atoms with Crippen molar-refractivity contribution in [3.8, 4) is 23.0 Å². The van der Waals surface area contributed by atoms with Crippen LogP contribution in [0.1, 0.15) is 37.7 Å². The Balaban J connectivity index is 1.24. The molecule has 12 aromatic rings. The zero-order chi connectivity index (χ0) is 46.0. The fourth-order valence-electron chi connectivity index (χ4n) is 10.8. The average Bonchev–Trinajstić information content (AvgIpc) is 3.55. The Morgan fingerprint density at radius 1 is 0.397 bits per heavy atom. The third kappa shape index (κ3) is 6.67. The molecule has 8 heteroatoms. The molecule has 68 heavy (non-hydrogen) atoms. The van der Waals surface area contributed by atoms with Crippen molar-refractivity contribution in [1.29, 1.82) is 0 Å². The third-order valence-corrected chi connectivity index (χ3v) is 15.1. The normalized spacial score (nSPS) is 12.4. The van der Waals surface area contributed by atoms with E-state index in [1.165, 1.54) is 5.56 Å². The van der Waals surface area contributed by atoms with E-state index in [0.29, 0.717) is 35.2 Å². The van der Waals surface area contributed by atoms with Gasteiger partial charge in [-0.1, -0.05) is 129 Å². The first-order valence-electron chi connectivity index (χ1n) is 23.2. The van der Waals surface area contributed by atoms with Crippen molar-refractivity contribution in [3.63, 3.8) is 0 Å². The first-order chi connectivity index (χ1) is 33.5. The van der Waals surface area contributed by atoms with Gasteiger partial charge >= 0.3 is 8.24 Å². The van der Waals surface area contributed by atoms with Crippen LogP contribution >= 0.6 is 8.24 Å². The maximum absolute atomic E-state index is 7.39. The molecule has 0 bridgehead atoms. The van der Waals surface area contributed by atoms with Crippen LogP contribution in [0.2, 0.25) is 0 Å². The number of unbranched alkanes of at least 4 members (excludes halogenated alkanes) is 1. The van der Waals surface area contributed by atoms with Gasteiger partial charge in [0, 0.05) is 53.9 Å². The summed E-state index contributed by atoms with van der Waals surface area (Å²) in [6.45, 7) is 2.74. The van der Waals surface area contributed by atoms with Crippen LogP contribution in [-0.4, -0.2) is 35.0 Å². The summed E-state index contributed by atoms with van der Waals surface area (Å²) in [6.07, 6.45) is 2.86. The van der Waals surface area contributed by atoms with Gasteiger partial charge in [0.25, 0.3) is 0 Å². The maximum Gasteiger partial charge on any atom is 0.387 e. The molecule has 1 heterocycles. The molecule has 12 rings (SSSR count). The third-order valence-electron chi connectivity index (χ3n) is 14.1. The average molecular weight is 913 g/mol. The van der Waals surface area contributed by atoms with Crippen LogP contribution in [-0.2, 0) is 0 Å². The van der Waals surface area contributed by atoms with Crippen LogP contribution < -0.4 is 23.5 Å². The maximum atomic E-state index is 7.39. The first kappa shape index (κ1) is 42.0. The van der Waals surface area contributed by atoms with Gasteiger partial charge in [-0.25, -0.2) is 0 Å². The molecule has 0 fully saturated rings. The summed E-state index contributed by atoms with van der Waals surface area (Å²) in [5.74, 6) is 3.24. The highest BCUT2D eigenvalue weighted by Crippen LogP contribution is 2.52. The molecule has 0 spiro atoms. The number of fused-ring (bicyclic) bond motifs is 19. The lowest BCUT2D eigenvalue weighted by molar-refractivity contribution is 0.356. The van der Waals surface area contributed by atoms with Crippen LogP contribution in [0.5, 0.6) is 23.0 Å². The SMILES string of the molecule is COc1cc2c3cc(OC)c4cc(OC)c5ccc6ccc7ccccc7c6c5c4c3op(OCCCC[C@@H](C)c3ccccc3)oc2c2c1cc(OC)c1ccc3ccc4ccccc4c3c12. The van der Waals surface area contributed by atoms with Gasteiger partial charge in [-0.05, 0) is 104 Å². The van der Waals surface area contributed by atoms with Gasteiger partial charge in [0.05, 0.1) is 35.0 Å². The second kappa shape index (κ2) is 17.0. The second-order valence-corrected chi connectivity index (χ2v) is 18.8. The van der Waals surface area contributed by atoms with Crippen LogP contribution in [0.15, 0.2) is 160 Å². The van der Waals surface area contributed by atoms with E-state index in [0.717, 1.165) is 128 Å². The summed E-state index contributed by atoms with van der Waals surface area (Å²) in [5.41, 5.74) is 2.64. The molecule has 0 N–H and O–H groups in total. The van der Waals surface area contributed by atoms with E-state index in [4.69, 9.17) is 31.9 Å². The Bertz CT molecular complexity index is 3800. The quantitative estimate of drug-likeness (QED) is 0.0945. The van der Waals surface area contributed by atoms with E-state index in [1.54, 1.807) is 28.4 Å². The number of ether oxygens (including phenoxy) is 4. The molecule has 0 saturated carbocycles. The Morgan fingerprint density at radius 3 is 1.32 bits per heavy atom. The van der Waals surface area contributed by atoms with Gasteiger partial charge in [-0.3, -0.25) is 4.52 Å². The van der Waals surface area contributed by atoms with E-state index in [1.807, 2.05) is 0 Å². The summed E-state index contributed by atoms with van der Waals surface area (Å²) in [4.78, 5) is 0. The monoisotopic (exact) mass is 912 g/mol. The van der Waals surface area contributed by atoms with Crippen molar-refractivity contribution in [1.82, 2.24) is 0 Å². The predicted octanol–water partition coefficient (Wildman–Crippen LogP) is 17.0. The number of hydrogen-bond acceptors (Lipinski definition) is 7. The molecular formula is C60H49O7P.